The first-order valence-corrected chi connectivity index (χ1v) is 7.91. The molecule has 0 amide bonds. The highest BCUT2D eigenvalue weighted by Gasteiger charge is 2.35. The molecule has 0 fully saturated rings. The fourth-order valence-electron chi connectivity index (χ4n) is 2.51. The molecule has 0 aliphatic carbocycles. The maximum Gasteiger partial charge on any atom is 0.418 e. The first kappa shape index (κ1) is 18.8. The van der Waals surface area contributed by atoms with E-state index >= 15 is 0 Å². The highest BCUT2D eigenvalue weighted by atomic mass is 19.4. The van der Waals surface area contributed by atoms with Crippen LogP contribution in [0.5, 0.6) is 0 Å². The van der Waals surface area contributed by atoms with Crippen molar-refractivity contribution in [2.45, 2.75) is 32.9 Å². The Morgan fingerprint density at radius 3 is 2.28 bits per heavy atom. The van der Waals surface area contributed by atoms with Gasteiger partial charge in [-0.2, -0.15) is 13.2 Å². The number of hydrogen-bond donors (Lipinski definition) is 1. The summed E-state index contributed by atoms with van der Waals surface area (Å²) in [6.45, 7) is 4.92. The Bertz CT molecular complexity index is 737. The van der Waals surface area contributed by atoms with Crippen molar-refractivity contribution in [3.63, 3.8) is 0 Å². The summed E-state index contributed by atoms with van der Waals surface area (Å²) in [5.41, 5.74) is -1.60. The number of rotatable bonds is 7. The predicted molar refractivity (Wildman–Crippen MR) is 86.1 cm³/mol. The molecule has 0 atom stereocenters. The van der Waals surface area contributed by atoms with Gasteiger partial charge in [0.1, 0.15) is 0 Å². The summed E-state index contributed by atoms with van der Waals surface area (Å²) in [7, 11) is 0. The van der Waals surface area contributed by atoms with E-state index in [0.29, 0.717) is 13.1 Å². The lowest BCUT2D eigenvalue weighted by atomic mass is 10.2. The zero-order valence-corrected chi connectivity index (χ0v) is 13.9. The molecule has 1 aromatic heterocycles. The number of aromatic carboxylic acids is 1. The molecule has 9 heteroatoms. The Hall–Kier alpha value is -2.58. The Kier molecular flexibility index (Phi) is 5.66. The predicted octanol–water partition coefficient (Wildman–Crippen LogP) is 3.61. The van der Waals surface area contributed by atoms with Crippen molar-refractivity contribution in [2.24, 2.45) is 0 Å². The summed E-state index contributed by atoms with van der Waals surface area (Å²) >= 11 is 0. The van der Waals surface area contributed by atoms with Crippen LogP contribution < -0.4 is 4.90 Å². The minimum absolute atomic E-state index is 0.0770. The summed E-state index contributed by atoms with van der Waals surface area (Å²) in [4.78, 5) is 14.0. The minimum atomic E-state index is -4.60. The zero-order valence-electron chi connectivity index (χ0n) is 13.9. The van der Waals surface area contributed by atoms with Crippen LogP contribution in [0.1, 0.15) is 42.7 Å². The molecule has 2 aromatic rings. The number of nitrogens with zero attached hydrogens (tertiary/aromatic N) is 4. The lowest BCUT2D eigenvalue weighted by Crippen LogP contribution is -2.27. The number of benzene rings is 1. The van der Waals surface area contributed by atoms with Gasteiger partial charge in [-0.3, -0.25) is 0 Å². The molecular formula is C16H19F3N4O2. The third-order valence-electron chi connectivity index (χ3n) is 3.51. The largest absolute Gasteiger partial charge is 0.476 e. The van der Waals surface area contributed by atoms with Crippen molar-refractivity contribution in [3.05, 3.63) is 35.5 Å². The van der Waals surface area contributed by atoms with Gasteiger partial charge in [0.15, 0.2) is 5.82 Å². The lowest BCUT2D eigenvalue weighted by Gasteiger charge is -2.20. The molecule has 136 valence electrons. The molecule has 0 unspecified atom stereocenters. The van der Waals surface area contributed by atoms with Gasteiger partial charge < -0.3 is 10.0 Å². The van der Waals surface area contributed by atoms with Crippen LogP contribution in [0.3, 0.4) is 0 Å². The number of hydrogen-bond acceptors (Lipinski definition) is 4. The molecule has 0 saturated heterocycles. The number of carboxylic acid groups (broad SMARTS) is 1. The van der Waals surface area contributed by atoms with Crippen molar-refractivity contribution in [1.29, 1.82) is 0 Å². The monoisotopic (exact) mass is 356 g/mol. The van der Waals surface area contributed by atoms with Crippen molar-refractivity contribution < 1.29 is 23.1 Å². The Morgan fingerprint density at radius 2 is 1.76 bits per heavy atom. The van der Waals surface area contributed by atoms with Gasteiger partial charge in [-0.05, 0) is 25.0 Å². The van der Waals surface area contributed by atoms with Crippen LogP contribution in [0.25, 0.3) is 5.69 Å². The third-order valence-corrected chi connectivity index (χ3v) is 3.51. The van der Waals surface area contributed by atoms with Gasteiger partial charge in [-0.1, -0.05) is 26.0 Å². The Balaban J connectivity index is 2.59. The van der Waals surface area contributed by atoms with E-state index in [2.05, 4.69) is 10.2 Å². The highest BCUT2D eigenvalue weighted by molar-refractivity contribution is 5.91. The van der Waals surface area contributed by atoms with Crippen molar-refractivity contribution >= 4 is 11.8 Å². The lowest BCUT2D eigenvalue weighted by molar-refractivity contribution is -0.137. The highest BCUT2D eigenvalue weighted by Crippen LogP contribution is 2.33. The molecule has 25 heavy (non-hydrogen) atoms. The third kappa shape index (κ3) is 4.09. The Morgan fingerprint density at radius 1 is 1.16 bits per heavy atom. The van der Waals surface area contributed by atoms with Gasteiger partial charge in [0.25, 0.3) is 0 Å². The maximum atomic E-state index is 13.2. The van der Waals surface area contributed by atoms with Crippen molar-refractivity contribution in [3.8, 4) is 5.69 Å². The van der Waals surface area contributed by atoms with Gasteiger partial charge in [0.05, 0.1) is 11.3 Å². The van der Waals surface area contributed by atoms with E-state index in [9.17, 15) is 23.1 Å². The van der Waals surface area contributed by atoms with E-state index in [1.54, 1.807) is 4.90 Å². The number of carbonyl (C=O) groups is 1. The van der Waals surface area contributed by atoms with E-state index in [0.717, 1.165) is 23.7 Å². The summed E-state index contributed by atoms with van der Waals surface area (Å²) in [5.74, 6) is -1.25. The van der Waals surface area contributed by atoms with Crippen LogP contribution in [0.15, 0.2) is 24.3 Å². The average Bonchev–Trinajstić information content (AvgIpc) is 2.99. The number of carboxylic acids is 1. The average molecular weight is 356 g/mol. The molecule has 0 aliphatic rings. The van der Waals surface area contributed by atoms with Crippen LogP contribution in [-0.4, -0.2) is 39.2 Å². The van der Waals surface area contributed by atoms with Crippen LogP contribution in [-0.2, 0) is 6.18 Å². The molecule has 0 aliphatic heterocycles. The number of alkyl halides is 3. The summed E-state index contributed by atoms with van der Waals surface area (Å²) in [6, 6.07) is 4.80. The first-order chi connectivity index (χ1) is 11.8. The number of anilines is 1. The summed E-state index contributed by atoms with van der Waals surface area (Å²) in [5, 5.41) is 17.2. The second kappa shape index (κ2) is 7.54. The molecular weight excluding hydrogens is 337 g/mol. The van der Waals surface area contributed by atoms with Gasteiger partial charge in [-0.25, -0.2) is 4.79 Å². The molecule has 0 saturated carbocycles. The number of para-hydroxylation sites is 1. The standard InChI is InChI=1S/C16H19F3N4O2/c1-3-9-22(10-4-2)14-13(15(24)25)20-23(21-14)12-8-6-5-7-11(12)16(17,18)19/h5-8H,3-4,9-10H2,1-2H3,(H,24,25). The van der Waals surface area contributed by atoms with Crippen molar-refractivity contribution in [1.82, 2.24) is 15.0 Å². The van der Waals surface area contributed by atoms with E-state index in [1.165, 1.54) is 18.2 Å². The van der Waals surface area contributed by atoms with E-state index in [-0.39, 0.29) is 17.2 Å². The van der Waals surface area contributed by atoms with Gasteiger partial charge in [0, 0.05) is 13.1 Å². The van der Waals surface area contributed by atoms with E-state index < -0.39 is 17.7 Å². The molecule has 1 aromatic carbocycles. The van der Waals surface area contributed by atoms with Crippen LogP contribution in [0.2, 0.25) is 0 Å². The minimum Gasteiger partial charge on any atom is -0.476 e. The molecule has 0 bridgehead atoms. The maximum absolute atomic E-state index is 13.2. The topological polar surface area (TPSA) is 71.2 Å². The normalized spacial score (nSPS) is 11.6. The van der Waals surface area contributed by atoms with Crippen LogP contribution >= 0.6 is 0 Å². The second-order valence-electron chi connectivity index (χ2n) is 5.47. The van der Waals surface area contributed by atoms with Gasteiger partial charge >= 0.3 is 12.1 Å². The summed E-state index contributed by atoms with van der Waals surface area (Å²) < 4.78 is 39.6. The van der Waals surface area contributed by atoms with E-state index in [4.69, 9.17) is 0 Å². The van der Waals surface area contributed by atoms with Crippen LogP contribution in [0, 0.1) is 0 Å². The van der Waals surface area contributed by atoms with Crippen molar-refractivity contribution in [2.75, 3.05) is 18.0 Å². The van der Waals surface area contributed by atoms with Gasteiger partial charge in [0.2, 0.25) is 5.69 Å². The molecule has 0 spiro atoms. The second-order valence-corrected chi connectivity index (χ2v) is 5.47. The first-order valence-electron chi connectivity index (χ1n) is 7.91. The fourth-order valence-corrected chi connectivity index (χ4v) is 2.51. The van der Waals surface area contributed by atoms with Crippen LogP contribution in [0.4, 0.5) is 19.0 Å². The molecule has 1 heterocycles. The smallest absolute Gasteiger partial charge is 0.418 e. The Labute approximate surface area is 142 Å². The molecule has 6 nitrogen and oxygen atoms in total. The molecule has 2 rings (SSSR count). The fraction of sp³-hybridized carbons (Fsp3) is 0.438. The zero-order chi connectivity index (χ0) is 18.6. The molecule has 0 radical (unpaired) electrons. The number of halogens is 3. The SMILES string of the molecule is CCCN(CCC)c1nn(-c2ccccc2C(F)(F)F)nc1C(=O)O. The van der Waals surface area contributed by atoms with Gasteiger partial charge in [-0.15, -0.1) is 15.0 Å². The van der Waals surface area contributed by atoms with E-state index in [1.807, 2.05) is 13.8 Å². The molecule has 1 N–H and O–H groups in total. The quantitative estimate of drug-likeness (QED) is 0.821. The number of aromatic nitrogens is 3. The summed E-state index contributed by atoms with van der Waals surface area (Å²) in [6.07, 6.45) is -3.11.